The standard InChI is InChI=1S/C16H22N2O3/c1-18(9-5-8-15(19)21-2)16(20)14-10-12-6-3-4-7-13(12)11-17-14/h3-4,6-7,14,17H,5,8-11H2,1-2H3. The van der Waals surface area contributed by atoms with Crippen LogP contribution in [0.1, 0.15) is 24.0 Å². The first-order valence-corrected chi connectivity index (χ1v) is 7.23. The van der Waals surface area contributed by atoms with Gasteiger partial charge in [-0.1, -0.05) is 24.3 Å². The van der Waals surface area contributed by atoms with Gasteiger partial charge in [-0.3, -0.25) is 9.59 Å². The second-order valence-electron chi connectivity index (χ2n) is 5.35. The molecular formula is C16H22N2O3. The molecule has 1 aromatic rings. The van der Waals surface area contributed by atoms with Crippen molar-refractivity contribution < 1.29 is 14.3 Å². The van der Waals surface area contributed by atoms with E-state index in [9.17, 15) is 9.59 Å². The maximum absolute atomic E-state index is 12.4. The van der Waals surface area contributed by atoms with Gasteiger partial charge in [0.1, 0.15) is 0 Å². The summed E-state index contributed by atoms with van der Waals surface area (Å²) in [6, 6.07) is 8.01. The number of fused-ring (bicyclic) bond motifs is 1. The number of carbonyl (C=O) groups is 2. The molecule has 0 saturated carbocycles. The van der Waals surface area contributed by atoms with Gasteiger partial charge in [0.15, 0.2) is 0 Å². The van der Waals surface area contributed by atoms with Crippen molar-refractivity contribution in [3.8, 4) is 0 Å². The maximum atomic E-state index is 12.4. The lowest BCUT2D eigenvalue weighted by atomic mass is 9.95. The fourth-order valence-corrected chi connectivity index (χ4v) is 2.57. The Morgan fingerprint density at radius 1 is 1.33 bits per heavy atom. The SMILES string of the molecule is COC(=O)CCCN(C)C(=O)C1Cc2ccccc2CN1. The minimum Gasteiger partial charge on any atom is -0.469 e. The van der Waals surface area contributed by atoms with Gasteiger partial charge in [-0.2, -0.15) is 0 Å². The zero-order valence-electron chi connectivity index (χ0n) is 12.6. The van der Waals surface area contributed by atoms with E-state index in [-0.39, 0.29) is 17.9 Å². The van der Waals surface area contributed by atoms with Crippen molar-refractivity contribution in [1.82, 2.24) is 10.2 Å². The molecule has 0 fully saturated rings. The highest BCUT2D eigenvalue weighted by Gasteiger charge is 2.26. The van der Waals surface area contributed by atoms with E-state index in [1.807, 2.05) is 12.1 Å². The molecule has 0 spiro atoms. The average Bonchev–Trinajstić information content (AvgIpc) is 2.53. The molecule has 5 nitrogen and oxygen atoms in total. The van der Waals surface area contributed by atoms with Crippen molar-refractivity contribution in [1.29, 1.82) is 0 Å². The summed E-state index contributed by atoms with van der Waals surface area (Å²) in [6.45, 7) is 1.29. The van der Waals surface area contributed by atoms with E-state index >= 15 is 0 Å². The van der Waals surface area contributed by atoms with Crippen molar-refractivity contribution in [3.05, 3.63) is 35.4 Å². The van der Waals surface area contributed by atoms with Gasteiger partial charge in [-0.15, -0.1) is 0 Å². The monoisotopic (exact) mass is 290 g/mol. The molecule has 2 rings (SSSR count). The van der Waals surface area contributed by atoms with Crippen molar-refractivity contribution in [2.24, 2.45) is 0 Å². The van der Waals surface area contributed by atoms with Gasteiger partial charge in [0, 0.05) is 26.6 Å². The zero-order valence-corrected chi connectivity index (χ0v) is 12.6. The number of esters is 1. The molecule has 1 aromatic carbocycles. The molecule has 1 N–H and O–H groups in total. The first kappa shape index (κ1) is 15.5. The Hall–Kier alpha value is -1.88. The van der Waals surface area contributed by atoms with Crippen molar-refractivity contribution in [3.63, 3.8) is 0 Å². The molecule has 0 aliphatic carbocycles. The number of rotatable bonds is 5. The molecule has 0 saturated heterocycles. The Morgan fingerprint density at radius 3 is 2.76 bits per heavy atom. The number of benzene rings is 1. The molecular weight excluding hydrogens is 268 g/mol. The van der Waals surface area contributed by atoms with E-state index in [0.29, 0.717) is 19.4 Å². The van der Waals surface area contributed by atoms with Gasteiger partial charge in [0.2, 0.25) is 5.91 Å². The van der Waals surface area contributed by atoms with Crippen LogP contribution in [0.15, 0.2) is 24.3 Å². The molecule has 0 aromatic heterocycles. The molecule has 1 amide bonds. The Labute approximate surface area is 125 Å². The van der Waals surface area contributed by atoms with Crippen LogP contribution in [0.25, 0.3) is 0 Å². The number of likely N-dealkylation sites (N-methyl/N-ethyl adjacent to an activating group) is 1. The Bertz CT molecular complexity index is 516. The van der Waals surface area contributed by atoms with Gasteiger partial charge in [-0.05, 0) is 24.0 Å². The number of ether oxygens (including phenoxy) is 1. The third-order valence-electron chi connectivity index (χ3n) is 3.86. The van der Waals surface area contributed by atoms with Crippen molar-refractivity contribution >= 4 is 11.9 Å². The lowest BCUT2D eigenvalue weighted by Crippen LogP contribution is -2.48. The highest BCUT2D eigenvalue weighted by Crippen LogP contribution is 2.17. The smallest absolute Gasteiger partial charge is 0.305 e. The molecule has 1 aliphatic heterocycles. The molecule has 1 heterocycles. The quantitative estimate of drug-likeness (QED) is 0.825. The van der Waals surface area contributed by atoms with E-state index in [1.54, 1.807) is 11.9 Å². The summed E-state index contributed by atoms with van der Waals surface area (Å²) in [5, 5.41) is 3.28. The average molecular weight is 290 g/mol. The fourth-order valence-electron chi connectivity index (χ4n) is 2.57. The Kier molecular flexibility index (Phi) is 5.33. The van der Waals surface area contributed by atoms with Crippen LogP contribution >= 0.6 is 0 Å². The van der Waals surface area contributed by atoms with Gasteiger partial charge >= 0.3 is 5.97 Å². The number of hydrogen-bond donors (Lipinski definition) is 1. The van der Waals surface area contributed by atoms with E-state index in [0.717, 1.165) is 13.0 Å². The van der Waals surface area contributed by atoms with E-state index in [1.165, 1.54) is 18.2 Å². The van der Waals surface area contributed by atoms with Crippen molar-refractivity contribution in [2.75, 3.05) is 20.7 Å². The van der Waals surface area contributed by atoms with Crippen LogP contribution in [0, 0.1) is 0 Å². The van der Waals surface area contributed by atoms with Gasteiger partial charge in [0.25, 0.3) is 0 Å². The Balaban J connectivity index is 1.85. The molecule has 1 aliphatic rings. The minimum atomic E-state index is -0.236. The first-order chi connectivity index (χ1) is 10.1. The molecule has 0 bridgehead atoms. The number of nitrogens with one attached hydrogen (secondary N) is 1. The van der Waals surface area contributed by atoms with Crippen LogP contribution in [0.5, 0.6) is 0 Å². The fraction of sp³-hybridized carbons (Fsp3) is 0.500. The molecule has 1 unspecified atom stereocenters. The largest absolute Gasteiger partial charge is 0.469 e. The molecule has 114 valence electrons. The number of carbonyl (C=O) groups excluding carboxylic acids is 2. The predicted molar refractivity (Wildman–Crippen MR) is 79.7 cm³/mol. The number of methoxy groups -OCH3 is 1. The summed E-state index contributed by atoms with van der Waals surface area (Å²) in [7, 11) is 3.16. The molecule has 21 heavy (non-hydrogen) atoms. The van der Waals surface area contributed by atoms with E-state index < -0.39 is 0 Å². The summed E-state index contributed by atoms with van der Waals surface area (Å²) in [5.41, 5.74) is 2.49. The van der Waals surface area contributed by atoms with Crippen LogP contribution in [-0.2, 0) is 27.3 Å². The number of hydrogen-bond acceptors (Lipinski definition) is 4. The maximum Gasteiger partial charge on any atom is 0.305 e. The van der Waals surface area contributed by atoms with Crippen LogP contribution in [0.3, 0.4) is 0 Å². The summed E-state index contributed by atoms with van der Waals surface area (Å²) >= 11 is 0. The zero-order chi connectivity index (χ0) is 15.2. The van der Waals surface area contributed by atoms with Crippen LogP contribution < -0.4 is 5.32 Å². The topological polar surface area (TPSA) is 58.6 Å². The lowest BCUT2D eigenvalue weighted by molar-refractivity contribution is -0.141. The number of nitrogens with zero attached hydrogens (tertiary/aromatic N) is 1. The predicted octanol–water partition coefficient (Wildman–Crippen LogP) is 1.11. The Morgan fingerprint density at radius 2 is 2.05 bits per heavy atom. The third-order valence-corrected chi connectivity index (χ3v) is 3.86. The second-order valence-corrected chi connectivity index (χ2v) is 5.35. The second kappa shape index (κ2) is 7.22. The summed E-state index contributed by atoms with van der Waals surface area (Å²) in [6.07, 6.45) is 1.68. The third kappa shape index (κ3) is 4.04. The highest BCUT2D eigenvalue weighted by molar-refractivity contribution is 5.82. The van der Waals surface area contributed by atoms with Gasteiger partial charge in [-0.25, -0.2) is 0 Å². The van der Waals surface area contributed by atoms with Crippen molar-refractivity contribution in [2.45, 2.75) is 31.8 Å². The van der Waals surface area contributed by atoms with Gasteiger partial charge < -0.3 is 15.0 Å². The molecule has 5 heteroatoms. The van der Waals surface area contributed by atoms with Crippen LogP contribution in [-0.4, -0.2) is 43.5 Å². The molecule has 0 radical (unpaired) electrons. The highest BCUT2D eigenvalue weighted by atomic mass is 16.5. The number of amides is 1. The summed E-state index contributed by atoms with van der Waals surface area (Å²) in [5.74, 6) is -0.157. The summed E-state index contributed by atoms with van der Waals surface area (Å²) < 4.78 is 4.59. The van der Waals surface area contributed by atoms with Gasteiger partial charge in [0.05, 0.1) is 13.2 Å². The van der Waals surface area contributed by atoms with E-state index in [2.05, 4.69) is 22.2 Å². The summed E-state index contributed by atoms with van der Waals surface area (Å²) in [4.78, 5) is 25.2. The normalized spacial score (nSPS) is 17.0. The first-order valence-electron chi connectivity index (χ1n) is 7.23. The molecule has 1 atom stereocenters. The van der Waals surface area contributed by atoms with Crippen LogP contribution in [0.4, 0.5) is 0 Å². The minimum absolute atomic E-state index is 0.0781. The lowest BCUT2D eigenvalue weighted by Gasteiger charge is -2.29. The van der Waals surface area contributed by atoms with E-state index in [4.69, 9.17) is 0 Å². The van der Waals surface area contributed by atoms with Crippen LogP contribution in [0.2, 0.25) is 0 Å².